The van der Waals surface area contributed by atoms with Crippen molar-refractivity contribution < 1.29 is 24.9 Å². The van der Waals surface area contributed by atoms with Crippen molar-refractivity contribution in [1.29, 1.82) is 0 Å². The van der Waals surface area contributed by atoms with Crippen molar-refractivity contribution in [3.05, 3.63) is 0 Å². The average molecular weight is 177 g/mol. The van der Waals surface area contributed by atoms with Crippen LogP contribution in [0, 0.1) is 0 Å². The summed E-state index contributed by atoms with van der Waals surface area (Å²) in [6.07, 6.45) is -2.26. The zero-order chi connectivity index (χ0) is 9.35. The quantitative estimate of drug-likeness (QED) is 0.371. The van der Waals surface area contributed by atoms with Gasteiger partial charge in [0, 0.05) is 6.54 Å². The minimum Gasteiger partial charge on any atom is -0.479 e. The minimum atomic E-state index is -2.20. The summed E-state index contributed by atoms with van der Waals surface area (Å²) in [5, 5.41) is 27.1. The first kappa shape index (κ1) is 9.40. The lowest BCUT2D eigenvalue weighted by molar-refractivity contribution is -0.166. The van der Waals surface area contributed by atoms with Crippen LogP contribution in [0.4, 0.5) is 0 Å². The molecule has 1 heterocycles. The molecular weight excluding hydrogens is 166 g/mol. The van der Waals surface area contributed by atoms with E-state index < -0.39 is 30.4 Å². The molecule has 0 aliphatic carbocycles. The second-order valence-electron chi connectivity index (χ2n) is 2.76. The first-order chi connectivity index (χ1) is 5.52. The van der Waals surface area contributed by atoms with Crippen molar-refractivity contribution in [3.63, 3.8) is 0 Å². The second kappa shape index (κ2) is 2.98. The Bertz CT molecular complexity index is 196. The lowest BCUT2D eigenvalue weighted by atomic mass is 9.97. The highest BCUT2D eigenvalue weighted by Gasteiger charge is 2.53. The predicted molar refractivity (Wildman–Crippen MR) is 37.4 cm³/mol. The molecule has 1 unspecified atom stereocenters. The van der Waals surface area contributed by atoms with Gasteiger partial charge < -0.3 is 25.8 Å². The number of carboxylic acid groups (broad SMARTS) is 1. The summed E-state index contributed by atoms with van der Waals surface area (Å²) in [5.74, 6) is -1.49. The van der Waals surface area contributed by atoms with Gasteiger partial charge in [0.2, 0.25) is 5.60 Å². The smallest absolute Gasteiger partial charge is 0.341 e. The van der Waals surface area contributed by atoms with Crippen molar-refractivity contribution in [2.24, 2.45) is 5.73 Å². The number of carboxylic acids is 1. The van der Waals surface area contributed by atoms with E-state index in [9.17, 15) is 15.0 Å². The third-order valence-electron chi connectivity index (χ3n) is 1.96. The molecule has 1 saturated heterocycles. The van der Waals surface area contributed by atoms with Crippen LogP contribution < -0.4 is 5.73 Å². The molecule has 0 bridgehead atoms. The molecule has 1 aliphatic heterocycles. The lowest BCUT2D eigenvalue weighted by Crippen LogP contribution is -2.51. The third kappa shape index (κ3) is 1.18. The van der Waals surface area contributed by atoms with Crippen LogP contribution in [0.15, 0.2) is 0 Å². The molecule has 0 aromatic rings. The Morgan fingerprint density at radius 1 is 1.75 bits per heavy atom. The minimum absolute atomic E-state index is 0.0171. The van der Waals surface area contributed by atoms with E-state index in [0.717, 1.165) is 0 Å². The van der Waals surface area contributed by atoms with E-state index in [1.54, 1.807) is 0 Å². The van der Waals surface area contributed by atoms with Crippen molar-refractivity contribution in [3.8, 4) is 0 Å². The molecule has 0 aromatic heterocycles. The molecule has 12 heavy (non-hydrogen) atoms. The van der Waals surface area contributed by atoms with Gasteiger partial charge in [-0.15, -0.1) is 0 Å². The predicted octanol–water partition coefficient (Wildman–Crippen LogP) is -2.48. The maximum absolute atomic E-state index is 10.5. The Morgan fingerprint density at radius 2 is 2.33 bits per heavy atom. The molecule has 0 radical (unpaired) electrons. The second-order valence-corrected chi connectivity index (χ2v) is 2.76. The van der Waals surface area contributed by atoms with Gasteiger partial charge in [0.15, 0.2) is 0 Å². The Kier molecular flexibility index (Phi) is 2.34. The average Bonchev–Trinajstić information content (AvgIpc) is 2.31. The molecular formula is C6H11NO5. The molecule has 6 heteroatoms. The standard InChI is InChI=1S/C6H11NO5/c7-1-3-4(8)6(11,2-12-3)5(9)10/h3-4,8,11H,1-2,7H2,(H,9,10)/t3?,4-,6-/m1/s1. The summed E-state index contributed by atoms with van der Waals surface area (Å²) in [7, 11) is 0. The molecule has 3 atom stereocenters. The number of aliphatic carboxylic acids is 1. The zero-order valence-corrected chi connectivity index (χ0v) is 6.30. The Labute approximate surface area is 68.6 Å². The van der Waals surface area contributed by atoms with E-state index in [1.807, 2.05) is 0 Å². The van der Waals surface area contributed by atoms with E-state index in [0.29, 0.717) is 0 Å². The molecule has 0 amide bonds. The SMILES string of the molecule is NCC1OC[C@](O)(C(=O)O)[C@@H]1O. The van der Waals surface area contributed by atoms with Gasteiger partial charge in [0.25, 0.3) is 0 Å². The summed E-state index contributed by atoms with van der Waals surface area (Å²) < 4.78 is 4.79. The van der Waals surface area contributed by atoms with E-state index in [4.69, 9.17) is 15.6 Å². The van der Waals surface area contributed by atoms with E-state index in [2.05, 4.69) is 0 Å². The van der Waals surface area contributed by atoms with Crippen molar-refractivity contribution >= 4 is 5.97 Å². The van der Waals surface area contributed by atoms with Crippen LogP contribution in [0.25, 0.3) is 0 Å². The number of hydrogen-bond acceptors (Lipinski definition) is 5. The lowest BCUT2D eigenvalue weighted by Gasteiger charge is -2.20. The van der Waals surface area contributed by atoms with Gasteiger partial charge in [-0.2, -0.15) is 0 Å². The Balaban J connectivity index is 2.77. The molecule has 0 aromatic carbocycles. The van der Waals surface area contributed by atoms with Crippen LogP contribution in [-0.4, -0.2) is 52.2 Å². The number of rotatable bonds is 2. The molecule has 0 spiro atoms. The number of nitrogens with two attached hydrogens (primary N) is 1. The van der Waals surface area contributed by atoms with Crippen molar-refractivity contribution in [2.75, 3.05) is 13.2 Å². The fourth-order valence-corrected chi connectivity index (χ4v) is 1.10. The Morgan fingerprint density at radius 3 is 2.58 bits per heavy atom. The Hall–Kier alpha value is -0.690. The van der Waals surface area contributed by atoms with Gasteiger partial charge >= 0.3 is 5.97 Å². The van der Waals surface area contributed by atoms with E-state index >= 15 is 0 Å². The highest BCUT2D eigenvalue weighted by Crippen LogP contribution is 2.24. The molecule has 1 fully saturated rings. The number of hydrogen-bond donors (Lipinski definition) is 4. The fourth-order valence-electron chi connectivity index (χ4n) is 1.10. The number of ether oxygens (including phenoxy) is 1. The summed E-state index contributed by atoms with van der Waals surface area (Å²) >= 11 is 0. The molecule has 1 aliphatic rings. The first-order valence-corrected chi connectivity index (χ1v) is 3.48. The van der Waals surface area contributed by atoms with E-state index in [1.165, 1.54) is 0 Å². The van der Waals surface area contributed by atoms with Crippen molar-refractivity contribution in [1.82, 2.24) is 0 Å². The van der Waals surface area contributed by atoms with Crippen LogP contribution in [-0.2, 0) is 9.53 Å². The first-order valence-electron chi connectivity index (χ1n) is 3.48. The summed E-state index contributed by atoms with van der Waals surface area (Å²) in [6.45, 7) is -0.442. The normalized spacial score (nSPS) is 41.6. The fraction of sp³-hybridized carbons (Fsp3) is 0.833. The molecule has 5 N–H and O–H groups in total. The van der Waals surface area contributed by atoms with E-state index in [-0.39, 0.29) is 6.54 Å². The van der Waals surface area contributed by atoms with Crippen LogP contribution in [0.2, 0.25) is 0 Å². The van der Waals surface area contributed by atoms with Gasteiger partial charge in [-0.25, -0.2) is 4.79 Å². The van der Waals surface area contributed by atoms with Crippen LogP contribution in [0.3, 0.4) is 0 Å². The van der Waals surface area contributed by atoms with Gasteiger partial charge in [-0.3, -0.25) is 0 Å². The van der Waals surface area contributed by atoms with Crippen LogP contribution in [0.1, 0.15) is 0 Å². The molecule has 70 valence electrons. The number of aliphatic hydroxyl groups is 2. The monoisotopic (exact) mass is 177 g/mol. The summed E-state index contributed by atoms with van der Waals surface area (Å²) in [5.41, 5.74) is 2.95. The zero-order valence-electron chi connectivity index (χ0n) is 6.30. The van der Waals surface area contributed by atoms with Gasteiger partial charge in [0.1, 0.15) is 6.10 Å². The van der Waals surface area contributed by atoms with Gasteiger partial charge in [0.05, 0.1) is 12.7 Å². The number of aliphatic hydroxyl groups excluding tert-OH is 1. The molecule has 6 nitrogen and oxygen atoms in total. The van der Waals surface area contributed by atoms with Crippen LogP contribution in [0.5, 0.6) is 0 Å². The topological polar surface area (TPSA) is 113 Å². The molecule has 0 saturated carbocycles. The van der Waals surface area contributed by atoms with Crippen molar-refractivity contribution in [2.45, 2.75) is 17.8 Å². The highest BCUT2D eigenvalue weighted by molar-refractivity contribution is 5.78. The highest BCUT2D eigenvalue weighted by atomic mass is 16.5. The largest absolute Gasteiger partial charge is 0.479 e. The maximum Gasteiger partial charge on any atom is 0.341 e. The third-order valence-corrected chi connectivity index (χ3v) is 1.96. The maximum atomic E-state index is 10.5. The summed E-state index contributed by atoms with van der Waals surface area (Å²) in [6, 6.07) is 0. The van der Waals surface area contributed by atoms with Crippen LogP contribution >= 0.6 is 0 Å². The molecule has 1 rings (SSSR count). The number of carbonyl (C=O) groups is 1. The van der Waals surface area contributed by atoms with Gasteiger partial charge in [-0.1, -0.05) is 0 Å². The summed E-state index contributed by atoms with van der Waals surface area (Å²) in [4.78, 5) is 10.5. The van der Waals surface area contributed by atoms with Gasteiger partial charge in [-0.05, 0) is 0 Å².